The van der Waals surface area contributed by atoms with Crippen LogP contribution in [0.25, 0.3) is 11.3 Å². The normalized spacial score (nSPS) is 10.9. The number of ether oxygens (including phenoxy) is 1. The molecule has 3 aromatic rings. The number of likely N-dealkylation sites (N-methyl/N-ethyl adjacent to an activating group) is 1. The number of para-hydroxylation sites is 1. The number of aryl methyl sites for hydroxylation is 1. The molecular weight excluding hydrogens is 383 g/mol. The van der Waals surface area contributed by atoms with Crippen LogP contribution < -0.4 is 10.1 Å². The van der Waals surface area contributed by atoms with Gasteiger partial charge in [-0.3, -0.25) is 14.8 Å². The van der Waals surface area contributed by atoms with Crippen molar-refractivity contribution in [2.45, 2.75) is 12.8 Å². The number of H-pyrrole nitrogens is 1. The predicted octanol–water partition coefficient (Wildman–Crippen LogP) is 3.28. The van der Waals surface area contributed by atoms with Crippen LogP contribution in [0.4, 0.5) is 4.39 Å². The van der Waals surface area contributed by atoms with E-state index in [0.29, 0.717) is 19.7 Å². The highest BCUT2D eigenvalue weighted by molar-refractivity contribution is 5.77. The molecule has 1 amide bonds. The molecule has 7 heteroatoms. The average Bonchev–Trinajstić information content (AvgIpc) is 3.21. The maximum Gasteiger partial charge on any atom is 0.234 e. The van der Waals surface area contributed by atoms with Gasteiger partial charge in [0.05, 0.1) is 18.8 Å². The molecule has 158 valence electrons. The Morgan fingerprint density at radius 1 is 1.17 bits per heavy atom. The summed E-state index contributed by atoms with van der Waals surface area (Å²) < 4.78 is 18.6. The molecule has 2 N–H and O–H groups in total. The first-order valence-corrected chi connectivity index (χ1v) is 10.0. The van der Waals surface area contributed by atoms with E-state index in [0.717, 1.165) is 42.1 Å². The van der Waals surface area contributed by atoms with E-state index in [1.54, 1.807) is 12.1 Å². The molecule has 0 radical (unpaired) electrons. The lowest BCUT2D eigenvalue weighted by Gasteiger charge is -2.16. The fourth-order valence-electron chi connectivity index (χ4n) is 3.05. The molecule has 0 aliphatic rings. The molecule has 1 heterocycles. The quantitative estimate of drug-likeness (QED) is 0.476. The molecule has 30 heavy (non-hydrogen) atoms. The highest BCUT2D eigenvalue weighted by Crippen LogP contribution is 2.18. The summed E-state index contributed by atoms with van der Waals surface area (Å²) in [5.74, 6) is 0.518. The van der Waals surface area contributed by atoms with E-state index < -0.39 is 0 Å². The topological polar surface area (TPSA) is 70.2 Å². The van der Waals surface area contributed by atoms with Gasteiger partial charge in [0.2, 0.25) is 5.91 Å². The van der Waals surface area contributed by atoms with Gasteiger partial charge >= 0.3 is 0 Å². The molecule has 0 aliphatic carbocycles. The third-order valence-corrected chi connectivity index (χ3v) is 4.61. The van der Waals surface area contributed by atoms with Gasteiger partial charge < -0.3 is 10.1 Å². The Labute approximate surface area is 176 Å². The van der Waals surface area contributed by atoms with Crippen LogP contribution in [0.2, 0.25) is 0 Å². The number of rotatable bonds is 11. The van der Waals surface area contributed by atoms with Gasteiger partial charge in [-0.15, -0.1) is 0 Å². The van der Waals surface area contributed by atoms with Crippen molar-refractivity contribution in [2.75, 3.05) is 33.3 Å². The van der Waals surface area contributed by atoms with Crippen molar-refractivity contribution in [3.8, 4) is 17.0 Å². The number of benzene rings is 2. The second-order valence-corrected chi connectivity index (χ2v) is 7.14. The van der Waals surface area contributed by atoms with Gasteiger partial charge in [-0.25, -0.2) is 4.39 Å². The number of aromatic amines is 1. The number of carbonyl (C=O) groups is 1. The summed E-state index contributed by atoms with van der Waals surface area (Å²) in [6, 6.07) is 17.8. The Morgan fingerprint density at radius 3 is 2.70 bits per heavy atom. The minimum Gasteiger partial charge on any atom is -0.492 e. The number of halogens is 1. The van der Waals surface area contributed by atoms with Gasteiger partial charge in [-0.2, -0.15) is 5.10 Å². The third kappa shape index (κ3) is 7.00. The Hall–Kier alpha value is -3.19. The van der Waals surface area contributed by atoms with Gasteiger partial charge in [0.15, 0.2) is 0 Å². The average molecular weight is 410 g/mol. The molecule has 6 nitrogen and oxygen atoms in total. The molecular formula is C23H27FN4O2. The largest absolute Gasteiger partial charge is 0.492 e. The van der Waals surface area contributed by atoms with Crippen LogP contribution in [-0.2, 0) is 11.2 Å². The van der Waals surface area contributed by atoms with Crippen LogP contribution >= 0.6 is 0 Å². The van der Waals surface area contributed by atoms with Crippen LogP contribution in [0.3, 0.4) is 0 Å². The van der Waals surface area contributed by atoms with E-state index in [1.165, 1.54) is 12.1 Å². The van der Waals surface area contributed by atoms with E-state index in [1.807, 2.05) is 48.3 Å². The third-order valence-electron chi connectivity index (χ3n) is 4.61. The second kappa shape index (κ2) is 11.1. The molecule has 2 aromatic carbocycles. The highest BCUT2D eigenvalue weighted by Gasteiger charge is 2.08. The predicted molar refractivity (Wildman–Crippen MR) is 115 cm³/mol. The van der Waals surface area contributed by atoms with Crippen molar-refractivity contribution in [1.29, 1.82) is 0 Å². The zero-order chi connectivity index (χ0) is 21.2. The molecule has 0 saturated heterocycles. The smallest absolute Gasteiger partial charge is 0.234 e. The number of amides is 1. The second-order valence-electron chi connectivity index (χ2n) is 7.14. The Morgan fingerprint density at radius 2 is 1.93 bits per heavy atom. The number of hydrogen-bond acceptors (Lipinski definition) is 4. The summed E-state index contributed by atoms with van der Waals surface area (Å²) in [6.45, 7) is 2.05. The van der Waals surface area contributed by atoms with Crippen molar-refractivity contribution in [1.82, 2.24) is 20.4 Å². The summed E-state index contributed by atoms with van der Waals surface area (Å²) in [6.07, 6.45) is 1.72. The summed E-state index contributed by atoms with van der Waals surface area (Å²) in [5, 5.41) is 10.2. The van der Waals surface area contributed by atoms with E-state index in [9.17, 15) is 9.18 Å². The van der Waals surface area contributed by atoms with Crippen LogP contribution in [0.15, 0.2) is 60.7 Å². The Bertz CT molecular complexity index is 912. The summed E-state index contributed by atoms with van der Waals surface area (Å²) in [5.41, 5.74) is 2.70. The van der Waals surface area contributed by atoms with Crippen molar-refractivity contribution >= 4 is 5.91 Å². The number of carbonyl (C=O) groups excluding carboxylic acids is 1. The maximum atomic E-state index is 13.0. The fraction of sp³-hybridized carbons (Fsp3) is 0.304. The summed E-state index contributed by atoms with van der Waals surface area (Å²) >= 11 is 0. The van der Waals surface area contributed by atoms with Crippen LogP contribution in [0.5, 0.6) is 5.75 Å². The highest BCUT2D eigenvalue weighted by atomic mass is 19.1. The molecule has 0 saturated carbocycles. The lowest BCUT2D eigenvalue weighted by atomic mass is 10.1. The van der Waals surface area contributed by atoms with Gasteiger partial charge in [-0.1, -0.05) is 18.2 Å². The molecule has 3 rings (SSSR count). The monoisotopic (exact) mass is 410 g/mol. The lowest BCUT2D eigenvalue weighted by molar-refractivity contribution is -0.122. The van der Waals surface area contributed by atoms with Crippen molar-refractivity contribution < 1.29 is 13.9 Å². The van der Waals surface area contributed by atoms with Crippen LogP contribution in [0, 0.1) is 5.82 Å². The zero-order valence-electron chi connectivity index (χ0n) is 17.1. The van der Waals surface area contributed by atoms with Crippen molar-refractivity contribution in [2.24, 2.45) is 0 Å². The van der Waals surface area contributed by atoms with Crippen molar-refractivity contribution in [3.05, 3.63) is 72.2 Å². The van der Waals surface area contributed by atoms with Gasteiger partial charge in [-0.05, 0) is 68.9 Å². The summed E-state index contributed by atoms with van der Waals surface area (Å²) in [4.78, 5) is 14.0. The fourth-order valence-corrected chi connectivity index (χ4v) is 3.05. The van der Waals surface area contributed by atoms with Crippen LogP contribution in [-0.4, -0.2) is 54.3 Å². The Balaban J connectivity index is 1.30. The molecule has 0 fully saturated rings. The number of nitrogens with zero attached hydrogens (tertiary/aromatic N) is 2. The molecule has 0 atom stereocenters. The van der Waals surface area contributed by atoms with E-state index >= 15 is 0 Å². The van der Waals surface area contributed by atoms with E-state index in [4.69, 9.17) is 4.74 Å². The molecule has 0 unspecified atom stereocenters. The number of aromatic nitrogens is 2. The van der Waals surface area contributed by atoms with E-state index in [2.05, 4.69) is 15.5 Å². The minimum atomic E-state index is -0.259. The van der Waals surface area contributed by atoms with Gasteiger partial charge in [0, 0.05) is 11.3 Å². The Kier molecular flexibility index (Phi) is 7.97. The minimum absolute atomic E-state index is 0.0192. The zero-order valence-corrected chi connectivity index (χ0v) is 17.1. The SMILES string of the molecule is CN(CCCc1cc(-c2ccc(F)cc2)n[nH]1)CC(=O)NCCOc1ccccc1. The van der Waals surface area contributed by atoms with Gasteiger partial charge in [0.25, 0.3) is 0 Å². The first-order chi connectivity index (χ1) is 14.6. The van der Waals surface area contributed by atoms with Crippen molar-refractivity contribution in [3.63, 3.8) is 0 Å². The van der Waals surface area contributed by atoms with E-state index in [-0.39, 0.29) is 11.7 Å². The number of hydrogen-bond donors (Lipinski definition) is 2. The first kappa shape index (κ1) is 21.5. The lowest BCUT2D eigenvalue weighted by Crippen LogP contribution is -2.37. The molecule has 0 bridgehead atoms. The standard InChI is InChI=1S/C23H27FN4O2/c1-28(17-23(29)25-13-15-30-21-7-3-2-4-8-21)14-5-6-20-16-22(27-26-20)18-9-11-19(24)12-10-18/h2-4,7-12,16H,5-6,13-15,17H2,1H3,(H,25,29)(H,26,27). The molecule has 0 aliphatic heterocycles. The first-order valence-electron chi connectivity index (χ1n) is 10.0. The summed E-state index contributed by atoms with van der Waals surface area (Å²) in [7, 11) is 1.93. The maximum absolute atomic E-state index is 13.0. The van der Waals surface area contributed by atoms with Crippen LogP contribution in [0.1, 0.15) is 12.1 Å². The number of nitrogens with one attached hydrogen (secondary N) is 2. The van der Waals surface area contributed by atoms with Gasteiger partial charge in [0.1, 0.15) is 18.2 Å². The molecule has 1 aromatic heterocycles. The molecule has 0 spiro atoms.